The summed E-state index contributed by atoms with van der Waals surface area (Å²) in [6.07, 6.45) is 10.0. The molecular formula is C11H23Cl2O2SiZr-. The largest absolute Gasteiger partial charge is 0.411 e. The number of allylic oxidation sites excluding steroid dienone is 4. The van der Waals surface area contributed by atoms with E-state index in [2.05, 4.69) is 12.2 Å². The number of halogens is 2. The first kappa shape index (κ1) is 26.6. The monoisotopic (exact) mass is 375 g/mol. The van der Waals surface area contributed by atoms with Crippen LogP contribution >= 0.6 is 24.8 Å². The summed E-state index contributed by atoms with van der Waals surface area (Å²) in [5.74, 6) is 0. The first-order valence-corrected chi connectivity index (χ1v) is 7.70. The second-order valence-electron chi connectivity index (χ2n) is 4.66. The Morgan fingerprint density at radius 1 is 1.24 bits per heavy atom. The van der Waals surface area contributed by atoms with Crippen LogP contribution in [0.15, 0.2) is 18.2 Å². The van der Waals surface area contributed by atoms with Crippen LogP contribution in [0.5, 0.6) is 0 Å². The predicted octanol–water partition coefficient (Wildman–Crippen LogP) is 3.64. The molecule has 0 aliphatic heterocycles. The zero-order valence-electron chi connectivity index (χ0n) is 11.1. The Labute approximate surface area is 138 Å². The first-order chi connectivity index (χ1) is 6.21. The van der Waals surface area contributed by atoms with Gasteiger partial charge in [0.05, 0.1) is 5.60 Å². The Balaban J connectivity index is -0.0000000921. The van der Waals surface area contributed by atoms with Crippen molar-refractivity contribution < 1.29 is 35.4 Å². The van der Waals surface area contributed by atoms with E-state index in [1.54, 1.807) is 13.1 Å². The molecule has 0 unspecified atom stereocenters. The fourth-order valence-electron chi connectivity index (χ4n) is 1.09. The molecule has 1 aliphatic rings. The molecule has 0 aromatic heterocycles. The normalized spacial score (nSPS) is 12.6. The van der Waals surface area contributed by atoms with Gasteiger partial charge < -0.3 is 9.22 Å². The molecule has 0 atom stereocenters. The molecule has 0 heterocycles. The maximum absolute atomic E-state index is 9.27. The van der Waals surface area contributed by atoms with Gasteiger partial charge in [-0.1, -0.05) is 0 Å². The summed E-state index contributed by atoms with van der Waals surface area (Å²) in [6, 6.07) is 0. The molecule has 2 nitrogen and oxygen atoms in total. The molecule has 1 rings (SSSR count). The van der Waals surface area contributed by atoms with Gasteiger partial charge >= 0.3 is 8.56 Å². The zero-order valence-corrected chi connectivity index (χ0v) is 16.2. The molecule has 0 saturated heterocycles. The van der Waals surface area contributed by atoms with E-state index in [4.69, 9.17) is 4.43 Å². The Morgan fingerprint density at radius 2 is 1.71 bits per heavy atom. The SMILES string of the molecule is CC(C)(C)O[Si](C)(C)O.Cl.Cl.[C-]1=CC=CC1.[Zr]. The third-order valence-electron chi connectivity index (χ3n) is 1.14. The van der Waals surface area contributed by atoms with Gasteiger partial charge in [-0.3, -0.25) is 6.08 Å². The van der Waals surface area contributed by atoms with E-state index in [1.165, 1.54) is 0 Å². The number of rotatable bonds is 1. The van der Waals surface area contributed by atoms with Crippen LogP contribution in [-0.2, 0) is 30.6 Å². The molecule has 0 amide bonds. The smallest absolute Gasteiger partial charge is 0.329 e. The van der Waals surface area contributed by atoms with Crippen LogP contribution < -0.4 is 0 Å². The Morgan fingerprint density at radius 3 is 1.76 bits per heavy atom. The number of hydrogen-bond donors (Lipinski definition) is 1. The van der Waals surface area contributed by atoms with Crippen molar-refractivity contribution in [3.8, 4) is 0 Å². The van der Waals surface area contributed by atoms with E-state index in [-0.39, 0.29) is 56.6 Å². The number of hydrogen-bond acceptors (Lipinski definition) is 2. The molecule has 0 radical (unpaired) electrons. The van der Waals surface area contributed by atoms with Crippen molar-refractivity contribution in [1.29, 1.82) is 0 Å². The van der Waals surface area contributed by atoms with Gasteiger partial charge in [0.1, 0.15) is 0 Å². The molecule has 1 aliphatic carbocycles. The van der Waals surface area contributed by atoms with E-state index in [1.807, 2.05) is 32.9 Å². The molecule has 0 saturated carbocycles. The minimum Gasteiger partial charge on any atom is -0.411 e. The maximum Gasteiger partial charge on any atom is 0.329 e. The van der Waals surface area contributed by atoms with Crippen molar-refractivity contribution in [2.75, 3.05) is 0 Å². The molecule has 17 heavy (non-hydrogen) atoms. The van der Waals surface area contributed by atoms with Crippen molar-refractivity contribution in [2.45, 2.75) is 45.9 Å². The second-order valence-corrected chi connectivity index (χ2v) is 7.76. The third-order valence-corrected chi connectivity index (χ3v) is 2.25. The summed E-state index contributed by atoms with van der Waals surface area (Å²) in [4.78, 5) is 9.27. The van der Waals surface area contributed by atoms with Crippen LogP contribution in [0.25, 0.3) is 0 Å². The second kappa shape index (κ2) is 12.1. The van der Waals surface area contributed by atoms with Gasteiger partial charge in [0.15, 0.2) is 0 Å². The van der Waals surface area contributed by atoms with E-state index >= 15 is 0 Å². The third kappa shape index (κ3) is 26.6. The first-order valence-electron chi connectivity index (χ1n) is 4.85. The molecule has 102 valence electrons. The van der Waals surface area contributed by atoms with Crippen LogP contribution in [0, 0.1) is 6.08 Å². The van der Waals surface area contributed by atoms with Gasteiger partial charge in [0, 0.05) is 26.2 Å². The molecule has 0 spiro atoms. The van der Waals surface area contributed by atoms with Gasteiger partial charge in [-0.2, -0.15) is 6.08 Å². The van der Waals surface area contributed by atoms with Crippen molar-refractivity contribution in [2.24, 2.45) is 0 Å². The standard InChI is InChI=1S/C6H16O2Si.C5H5.2ClH.Zr/c1-6(2,3)8-9(4,5)7;1-2-4-5-3-1;;;/h7H,1-5H3;1-3H,4H2;2*1H;/q;-1;;;. The van der Waals surface area contributed by atoms with Gasteiger partial charge in [-0.05, 0) is 33.9 Å². The minimum atomic E-state index is -2.29. The molecule has 1 N–H and O–H groups in total. The van der Waals surface area contributed by atoms with Gasteiger partial charge in [0.2, 0.25) is 0 Å². The molecule has 0 fully saturated rings. The molecule has 0 aromatic rings. The van der Waals surface area contributed by atoms with Crippen molar-refractivity contribution >= 4 is 33.4 Å². The van der Waals surface area contributed by atoms with Crippen LogP contribution in [0.3, 0.4) is 0 Å². The summed E-state index contributed by atoms with van der Waals surface area (Å²) >= 11 is 0. The van der Waals surface area contributed by atoms with Gasteiger partial charge in [-0.25, -0.2) is 12.2 Å². The average Bonchev–Trinajstić information content (AvgIpc) is 2.29. The molecule has 6 heteroatoms. The van der Waals surface area contributed by atoms with Gasteiger partial charge in [0.25, 0.3) is 0 Å². The summed E-state index contributed by atoms with van der Waals surface area (Å²) in [6.45, 7) is 9.35. The fraction of sp³-hybridized carbons (Fsp3) is 0.636. The van der Waals surface area contributed by atoms with Crippen LogP contribution in [-0.4, -0.2) is 19.0 Å². The van der Waals surface area contributed by atoms with E-state index in [0.717, 1.165) is 6.42 Å². The summed E-state index contributed by atoms with van der Waals surface area (Å²) in [5.41, 5.74) is -0.204. The van der Waals surface area contributed by atoms with Crippen LogP contribution in [0.4, 0.5) is 0 Å². The zero-order chi connectivity index (χ0) is 11.2. The van der Waals surface area contributed by atoms with Gasteiger partial charge in [-0.15, -0.1) is 31.2 Å². The van der Waals surface area contributed by atoms with E-state index in [9.17, 15) is 4.80 Å². The Hall–Kier alpha value is 1.08. The molecule has 0 bridgehead atoms. The van der Waals surface area contributed by atoms with Crippen LogP contribution in [0.1, 0.15) is 27.2 Å². The maximum atomic E-state index is 9.27. The predicted molar refractivity (Wildman–Crippen MR) is 76.6 cm³/mol. The van der Waals surface area contributed by atoms with Crippen LogP contribution in [0.2, 0.25) is 13.1 Å². The summed E-state index contributed by atoms with van der Waals surface area (Å²) < 4.78 is 5.32. The topological polar surface area (TPSA) is 29.5 Å². The molecule has 0 aromatic carbocycles. The Kier molecular flexibility index (Phi) is 19.0. The summed E-state index contributed by atoms with van der Waals surface area (Å²) in [7, 11) is -2.29. The van der Waals surface area contributed by atoms with Crippen molar-refractivity contribution in [3.05, 3.63) is 24.3 Å². The van der Waals surface area contributed by atoms with Crippen molar-refractivity contribution in [3.63, 3.8) is 0 Å². The van der Waals surface area contributed by atoms with E-state index in [0.29, 0.717) is 0 Å². The quantitative estimate of drug-likeness (QED) is 0.558. The fourth-order valence-corrected chi connectivity index (χ4v) is 2.59. The summed E-state index contributed by atoms with van der Waals surface area (Å²) in [5, 5.41) is 0. The van der Waals surface area contributed by atoms with E-state index < -0.39 is 8.56 Å². The Bertz CT molecular complexity index is 198. The molecular weight excluding hydrogens is 354 g/mol. The minimum absolute atomic E-state index is 0. The average molecular weight is 378 g/mol. The van der Waals surface area contributed by atoms with Crippen molar-refractivity contribution in [1.82, 2.24) is 0 Å².